The molecule has 1 heterocycles. The molecule has 0 aliphatic carbocycles. The van der Waals surface area contributed by atoms with Gasteiger partial charge in [0.1, 0.15) is 11.5 Å². The second kappa shape index (κ2) is 9.74. The van der Waals surface area contributed by atoms with Gasteiger partial charge in [-0.05, 0) is 35.6 Å². The Bertz CT molecular complexity index is 874. The van der Waals surface area contributed by atoms with E-state index in [4.69, 9.17) is 9.47 Å². The lowest BCUT2D eigenvalue weighted by Crippen LogP contribution is -2.50. The molecule has 0 aromatic heterocycles. The van der Waals surface area contributed by atoms with Crippen molar-refractivity contribution in [2.75, 3.05) is 50.6 Å². The zero-order valence-electron chi connectivity index (χ0n) is 18.7. The Labute approximate surface area is 179 Å². The van der Waals surface area contributed by atoms with Crippen LogP contribution in [0, 0.1) is 0 Å². The molecule has 6 heteroatoms. The fourth-order valence-corrected chi connectivity index (χ4v) is 3.93. The van der Waals surface area contributed by atoms with Crippen LogP contribution in [-0.4, -0.2) is 51.3 Å². The van der Waals surface area contributed by atoms with Gasteiger partial charge >= 0.3 is 6.03 Å². The summed E-state index contributed by atoms with van der Waals surface area (Å²) in [5.41, 5.74) is 4.36. The van der Waals surface area contributed by atoms with E-state index in [-0.39, 0.29) is 6.03 Å². The van der Waals surface area contributed by atoms with Crippen LogP contribution in [0.3, 0.4) is 0 Å². The Morgan fingerprint density at radius 2 is 1.80 bits per heavy atom. The second-order valence-electron chi connectivity index (χ2n) is 7.83. The first-order valence-corrected chi connectivity index (χ1v) is 10.6. The SMILES string of the molecule is CCc1cccc(C(C)C)c1NC(=O)N1CCN(c2ccc(OC)cc2OC)CC1. The largest absolute Gasteiger partial charge is 0.497 e. The summed E-state index contributed by atoms with van der Waals surface area (Å²) < 4.78 is 10.8. The molecule has 1 aliphatic rings. The van der Waals surface area contributed by atoms with Gasteiger partial charge in [-0.25, -0.2) is 4.79 Å². The van der Waals surface area contributed by atoms with Gasteiger partial charge in [0.2, 0.25) is 0 Å². The Hall–Kier alpha value is -2.89. The highest BCUT2D eigenvalue weighted by molar-refractivity contribution is 5.91. The maximum atomic E-state index is 13.0. The standard InChI is InChI=1S/C24H33N3O3/c1-6-18-8-7-9-20(17(2)3)23(18)25-24(28)27-14-12-26(13-15-27)21-11-10-19(29-4)16-22(21)30-5/h7-11,16-17H,6,12-15H2,1-5H3,(H,25,28). The molecule has 0 unspecified atom stereocenters. The number of ether oxygens (including phenoxy) is 2. The predicted octanol–water partition coefficient (Wildman–Crippen LogP) is 4.74. The molecule has 0 spiro atoms. The second-order valence-corrected chi connectivity index (χ2v) is 7.83. The van der Waals surface area contributed by atoms with E-state index in [2.05, 4.69) is 49.2 Å². The van der Waals surface area contributed by atoms with Crippen molar-refractivity contribution in [2.45, 2.75) is 33.1 Å². The molecule has 3 rings (SSSR count). The summed E-state index contributed by atoms with van der Waals surface area (Å²) in [5, 5.41) is 3.20. The number of hydrogen-bond donors (Lipinski definition) is 1. The first-order chi connectivity index (χ1) is 14.5. The Kier molecular flexibility index (Phi) is 7.08. The molecule has 30 heavy (non-hydrogen) atoms. The van der Waals surface area contributed by atoms with E-state index in [0.29, 0.717) is 19.0 Å². The van der Waals surface area contributed by atoms with Gasteiger partial charge in [0.15, 0.2) is 0 Å². The first kappa shape index (κ1) is 21.8. The topological polar surface area (TPSA) is 54.0 Å². The number of benzene rings is 2. The molecule has 1 saturated heterocycles. The molecule has 0 radical (unpaired) electrons. The molecule has 0 saturated carbocycles. The first-order valence-electron chi connectivity index (χ1n) is 10.6. The summed E-state index contributed by atoms with van der Waals surface area (Å²) in [6.07, 6.45) is 0.890. The van der Waals surface area contributed by atoms with Gasteiger partial charge in [-0.3, -0.25) is 0 Å². The van der Waals surface area contributed by atoms with Gasteiger partial charge in [0.05, 0.1) is 19.9 Å². The lowest BCUT2D eigenvalue weighted by molar-refractivity contribution is 0.208. The van der Waals surface area contributed by atoms with E-state index < -0.39 is 0 Å². The third-order valence-corrected chi connectivity index (χ3v) is 5.71. The van der Waals surface area contributed by atoms with E-state index in [1.165, 1.54) is 11.1 Å². The predicted molar refractivity (Wildman–Crippen MR) is 122 cm³/mol. The zero-order valence-corrected chi connectivity index (χ0v) is 18.7. The number of para-hydroxylation sites is 1. The highest BCUT2D eigenvalue weighted by Crippen LogP contribution is 2.33. The maximum absolute atomic E-state index is 13.0. The molecular weight excluding hydrogens is 378 g/mol. The minimum absolute atomic E-state index is 0.0286. The van der Waals surface area contributed by atoms with Gasteiger partial charge in [0, 0.05) is 37.9 Å². The van der Waals surface area contributed by atoms with Crippen LogP contribution in [0.1, 0.15) is 37.8 Å². The van der Waals surface area contributed by atoms with E-state index >= 15 is 0 Å². The molecule has 6 nitrogen and oxygen atoms in total. The van der Waals surface area contributed by atoms with Gasteiger partial charge in [-0.1, -0.05) is 39.0 Å². The third-order valence-electron chi connectivity index (χ3n) is 5.71. The molecule has 2 aromatic rings. The number of urea groups is 1. The van der Waals surface area contributed by atoms with Crippen LogP contribution in [0.5, 0.6) is 11.5 Å². The molecule has 1 fully saturated rings. The van der Waals surface area contributed by atoms with Crippen LogP contribution in [0.25, 0.3) is 0 Å². The van der Waals surface area contributed by atoms with Gasteiger partial charge in [-0.15, -0.1) is 0 Å². The zero-order chi connectivity index (χ0) is 21.7. The number of nitrogens with zero attached hydrogens (tertiary/aromatic N) is 2. The number of methoxy groups -OCH3 is 2. The smallest absolute Gasteiger partial charge is 0.321 e. The lowest BCUT2D eigenvalue weighted by atomic mass is 9.96. The Morgan fingerprint density at radius 1 is 1.07 bits per heavy atom. The summed E-state index contributed by atoms with van der Waals surface area (Å²) >= 11 is 0. The van der Waals surface area contributed by atoms with E-state index in [9.17, 15) is 4.79 Å². The average molecular weight is 412 g/mol. The average Bonchev–Trinajstić information content (AvgIpc) is 2.78. The van der Waals surface area contributed by atoms with Crippen molar-refractivity contribution in [1.29, 1.82) is 0 Å². The number of carbonyl (C=O) groups is 1. The number of nitrogens with one attached hydrogen (secondary N) is 1. The molecule has 1 aliphatic heterocycles. The molecule has 2 aromatic carbocycles. The number of anilines is 2. The maximum Gasteiger partial charge on any atom is 0.321 e. The number of amides is 2. The van der Waals surface area contributed by atoms with E-state index in [1.54, 1.807) is 14.2 Å². The Balaban J connectivity index is 1.68. The highest BCUT2D eigenvalue weighted by Gasteiger charge is 2.24. The van der Waals surface area contributed by atoms with Gasteiger partial charge < -0.3 is 24.6 Å². The molecule has 1 N–H and O–H groups in total. The quantitative estimate of drug-likeness (QED) is 0.746. The van der Waals surface area contributed by atoms with Crippen LogP contribution in [0.2, 0.25) is 0 Å². The summed E-state index contributed by atoms with van der Waals surface area (Å²) in [5.74, 6) is 1.90. The summed E-state index contributed by atoms with van der Waals surface area (Å²) in [6.45, 7) is 9.26. The van der Waals surface area contributed by atoms with Crippen LogP contribution in [0.4, 0.5) is 16.2 Å². The fourth-order valence-electron chi connectivity index (χ4n) is 3.93. The lowest BCUT2D eigenvalue weighted by Gasteiger charge is -2.37. The van der Waals surface area contributed by atoms with Crippen LogP contribution >= 0.6 is 0 Å². The van der Waals surface area contributed by atoms with Crippen molar-refractivity contribution in [3.63, 3.8) is 0 Å². The molecule has 162 valence electrons. The Morgan fingerprint density at radius 3 is 2.40 bits per heavy atom. The number of hydrogen-bond acceptors (Lipinski definition) is 4. The van der Waals surface area contributed by atoms with Gasteiger partial charge in [0.25, 0.3) is 0 Å². The monoisotopic (exact) mass is 411 g/mol. The minimum Gasteiger partial charge on any atom is -0.497 e. The van der Waals surface area contributed by atoms with Crippen molar-refractivity contribution >= 4 is 17.4 Å². The van der Waals surface area contributed by atoms with Crippen LogP contribution in [-0.2, 0) is 6.42 Å². The summed E-state index contributed by atoms with van der Waals surface area (Å²) in [6, 6.07) is 12.1. The normalized spacial score (nSPS) is 14.1. The van der Waals surface area contributed by atoms with Crippen molar-refractivity contribution in [3.8, 4) is 11.5 Å². The van der Waals surface area contributed by atoms with Crippen molar-refractivity contribution in [1.82, 2.24) is 4.90 Å². The molecule has 0 bridgehead atoms. The highest BCUT2D eigenvalue weighted by atomic mass is 16.5. The van der Waals surface area contributed by atoms with E-state index in [0.717, 1.165) is 42.4 Å². The van der Waals surface area contributed by atoms with E-state index in [1.807, 2.05) is 23.1 Å². The third kappa shape index (κ3) is 4.64. The van der Waals surface area contributed by atoms with Crippen molar-refractivity contribution in [3.05, 3.63) is 47.5 Å². The number of aryl methyl sites for hydroxylation is 1. The van der Waals surface area contributed by atoms with Crippen molar-refractivity contribution in [2.24, 2.45) is 0 Å². The molecule has 0 atom stereocenters. The minimum atomic E-state index is -0.0286. The van der Waals surface area contributed by atoms with Crippen molar-refractivity contribution < 1.29 is 14.3 Å². The van der Waals surface area contributed by atoms with Crippen LogP contribution in [0.15, 0.2) is 36.4 Å². The number of piperazine rings is 1. The number of carbonyl (C=O) groups excluding carboxylic acids is 1. The summed E-state index contributed by atoms with van der Waals surface area (Å²) in [7, 11) is 3.31. The summed E-state index contributed by atoms with van der Waals surface area (Å²) in [4.78, 5) is 17.2. The fraction of sp³-hybridized carbons (Fsp3) is 0.458. The molecular formula is C24H33N3O3. The molecule has 2 amide bonds. The van der Waals surface area contributed by atoms with Crippen LogP contribution < -0.4 is 19.7 Å². The number of rotatable bonds is 6. The van der Waals surface area contributed by atoms with Gasteiger partial charge in [-0.2, -0.15) is 0 Å².